The third kappa shape index (κ3) is 10.2. The molecule has 4 aliphatic heterocycles. The Morgan fingerprint density at radius 1 is 0.923 bits per heavy atom. The van der Waals surface area contributed by atoms with Crippen LogP contribution in [0.4, 0.5) is 23.4 Å². The fourth-order valence-electron chi connectivity index (χ4n) is 11.6. The Balaban J connectivity index is 0.771. The molecule has 1 amide bonds. The number of ether oxygens (including phenoxy) is 1. The Kier molecular flexibility index (Phi) is 14.1. The van der Waals surface area contributed by atoms with Crippen molar-refractivity contribution < 1.29 is 42.4 Å². The van der Waals surface area contributed by atoms with Gasteiger partial charge in [-0.25, -0.2) is 4.39 Å². The van der Waals surface area contributed by atoms with Gasteiger partial charge >= 0.3 is 12.2 Å². The van der Waals surface area contributed by atoms with E-state index < -0.39 is 29.8 Å². The summed E-state index contributed by atoms with van der Waals surface area (Å²) < 4.78 is 65.6. The minimum absolute atomic E-state index is 0.00576. The number of nitrogens with zero attached hydrogens (tertiary/aromatic N) is 10. The number of nitrogens with one attached hydrogen (secondary N) is 2. The second-order valence-electron chi connectivity index (χ2n) is 21.4. The molecule has 7 aromatic rings. The molecule has 5 atom stereocenters. The second-order valence-corrected chi connectivity index (χ2v) is 21.4. The topological polar surface area (TPSA) is 193 Å². The lowest BCUT2D eigenvalue weighted by Gasteiger charge is -2.38. The standard InChI is InChI=1S/C57H60F4N12O5/c1-6-34-8-7-9-35-20-41(74)22-44(48(34)35)50-49(58)51-45(25-62-50)52(72-27-36-12-13-37(28-72)64-36)66-56(65-51)78-30-40-21-39(29-69(40)5)71-18-16-70(17-19-71)26-33-10-14-38(15-11-33)73-53(43-23-42(31(2)3)46(75)24-47(43)76)67-68-54(73)55(77)63-32(4)57(59,60)61/h1,7-11,14-15,20,22-25,31-32,36-37,39-40,64,74-76H,12-13,16-19,21,26-30H2,2-5H3,(H,63,77)/t32?,36?,37?,39-,40-/m0/s1. The van der Waals surface area contributed by atoms with E-state index in [0.29, 0.717) is 64.0 Å². The molecule has 4 saturated heterocycles. The quantitative estimate of drug-likeness (QED) is 0.0569. The van der Waals surface area contributed by atoms with Crippen molar-refractivity contribution in [3.63, 3.8) is 0 Å². The van der Waals surface area contributed by atoms with Crippen molar-refractivity contribution in [1.29, 1.82) is 0 Å². The fourth-order valence-corrected chi connectivity index (χ4v) is 11.6. The number of piperazine rings is 2. The number of rotatable bonds is 13. The Morgan fingerprint density at radius 3 is 2.37 bits per heavy atom. The molecule has 406 valence electrons. The van der Waals surface area contributed by atoms with Crippen LogP contribution in [-0.4, -0.2) is 161 Å². The highest BCUT2D eigenvalue weighted by atomic mass is 19.4. The monoisotopic (exact) mass is 1070 g/mol. The number of aromatic nitrogens is 6. The van der Waals surface area contributed by atoms with E-state index in [1.54, 1.807) is 36.5 Å². The fraction of sp³-hybridized carbons (Fsp3) is 0.404. The summed E-state index contributed by atoms with van der Waals surface area (Å²) in [6, 6.07) is 17.1. The molecule has 11 rings (SSSR count). The van der Waals surface area contributed by atoms with Crippen molar-refractivity contribution in [2.45, 2.75) is 88.9 Å². The number of anilines is 1. The minimum atomic E-state index is -4.70. The highest BCUT2D eigenvalue weighted by Gasteiger charge is 2.40. The molecule has 4 aliphatic rings. The van der Waals surface area contributed by atoms with Gasteiger partial charge in [-0.15, -0.1) is 16.6 Å². The number of carbonyl (C=O) groups excluding carboxylic acids is 1. The van der Waals surface area contributed by atoms with Gasteiger partial charge in [0, 0.05) is 111 Å². The molecule has 0 spiro atoms. The predicted molar refractivity (Wildman–Crippen MR) is 286 cm³/mol. The van der Waals surface area contributed by atoms with Gasteiger partial charge in [-0.05, 0) is 92.1 Å². The number of alkyl halides is 3. The van der Waals surface area contributed by atoms with Gasteiger partial charge in [-0.3, -0.25) is 29.0 Å². The number of likely N-dealkylation sites (N-methyl/N-ethyl adjacent to an activating group) is 1. The number of pyridine rings is 1. The summed E-state index contributed by atoms with van der Waals surface area (Å²) >= 11 is 0. The summed E-state index contributed by atoms with van der Waals surface area (Å²) in [6.45, 7) is 10.9. The number of amides is 1. The van der Waals surface area contributed by atoms with Gasteiger partial charge in [0.1, 0.15) is 46.9 Å². The molecule has 0 radical (unpaired) electrons. The molecule has 4 aromatic carbocycles. The smallest absolute Gasteiger partial charge is 0.408 e. The van der Waals surface area contributed by atoms with Crippen LogP contribution in [0.5, 0.6) is 23.3 Å². The van der Waals surface area contributed by atoms with Gasteiger partial charge in [0.2, 0.25) is 5.82 Å². The van der Waals surface area contributed by atoms with Gasteiger partial charge in [0.15, 0.2) is 11.6 Å². The molecule has 17 nitrogen and oxygen atoms in total. The van der Waals surface area contributed by atoms with E-state index in [2.05, 4.69) is 53.1 Å². The first kappa shape index (κ1) is 52.4. The zero-order valence-corrected chi connectivity index (χ0v) is 43.6. The number of likely N-dealkylation sites (tertiary alicyclic amines) is 1. The van der Waals surface area contributed by atoms with Gasteiger partial charge in [0.05, 0.1) is 10.9 Å². The second kappa shape index (κ2) is 21.0. The molecule has 0 saturated carbocycles. The number of fused-ring (bicyclic) bond motifs is 4. The van der Waals surface area contributed by atoms with Crippen molar-refractivity contribution in [1.82, 2.24) is 55.0 Å². The molecule has 3 aromatic heterocycles. The lowest BCUT2D eigenvalue weighted by Crippen LogP contribution is -2.51. The van der Waals surface area contributed by atoms with E-state index >= 15 is 4.39 Å². The molecule has 2 bridgehead atoms. The van der Waals surface area contributed by atoms with Gasteiger partial charge in [-0.2, -0.15) is 23.1 Å². The Labute approximate surface area is 447 Å². The van der Waals surface area contributed by atoms with Crippen LogP contribution in [0.15, 0.2) is 72.9 Å². The average Bonchev–Trinajstić information content (AvgIpc) is 4.25. The zero-order chi connectivity index (χ0) is 54.7. The number of carbonyl (C=O) groups is 1. The van der Waals surface area contributed by atoms with Crippen LogP contribution in [0.3, 0.4) is 0 Å². The molecule has 5 N–H and O–H groups in total. The first-order valence-corrected chi connectivity index (χ1v) is 26.3. The number of phenols is 3. The maximum Gasteiger partial charge on any atom is 0.408 e. The van der Waals surface area contributed by atoms with Crippen molar-refractivity contribution in [2.75, 3.05) is 64.4 Å². The molecule has 0 aliphatic carbocycles. The molecule has 21 heteroatoms. The van der Waals surface area contributed by atoms with E-state index in [9.17, 15) is 33.3 Å². The van der Waals surface area contributed by atoms with Crippen molar-refractivity contribution >= 4 is 33.4 Å². The van der Waals surface area contributed by atoms with E-state index in [1.807, 2.05) is 37.4 Å². The van der Waals surface area contributed by atoms with E-state index in [1.165, 1.54) is 22.8 Å². The van der Waals surface area contributed by atoms with Crippen molar-refractivity contribution in [3.05, 3.63) is 101 Å². The number of benzene rings is 4. The Bertz CT molecular complexity index is 3460. The average molecular weight is 1070 g/mol. The van der Waals surface area contributed by atoms with Crippen LogP contribution in [0.2, 0.25) is 0 Å². The van der Waals surface area contributed by atoms with E-state index in [0.717, 1.165) is 64.5 Å². The van der Waals surface area contributed by atoms with Gasteiger partial charge in [-0.1, -0.05) is 44.0 Å². The van der Waals surface area contributed by atoms with Crippen LogP contribution >= 0.6 is 0 Å². The summed E-state index contributed by atoms with van der Waals surface area (Å²) in [5, 5.41) is 47.8. The van der Waals surface area contributed by atoms with Gasteiger partial charge < -0.3 is 35.6 Å². The Hall–Kier alpha value is -7.64. The van der Waals surface area contributed by atoms with Crippen molar-refractivity contribution in [3.8, 4) is 63.9 Å². The molecular weight excluding hydrogens is 1010 g/mol. The lowest BCUT2D eigenvalue weighted by molar-refractivity contribution is -0.149. The number of hydrogen-bond acceptors (Lipinski definition) is 15. The number of phenolic OH excluding ortho intramolecular Hbond substituents is 3. The normalized spacial score (nSPS) is 20.7. The van der Waals surface area contributed by atoms with Crippen LogP contribution in [0.25, 0.3) is 50.0 Å². The number of hydrogen-bond donors (Lipinski definition) is 5. The largest absolute Gasteiger partial charge is 0.508 e. The minimum Gasteiger partial charge on any atom is -0.508 e. The third-order valence-electron chi connectivity index (χ3n) is 15.8. The molecule has 78 heavy (non-hydrogen) atoms. The van der Waals surface area contributed by atoms with E-state index in [4.69, 9.17) is 21.1 Å². The van der Waals surface area contributed by atoms with Crippen LogP contribution in [-0.2, 0) is 6.54 Å². The molecule has 3 unspecified atom stereocenters. The molecule has 7 heterocycles. The SMILES string of the molecule is C#Cc1cccc2cc(O)cc(-c3ncc4c(N5CC6CCC(C5)N6)nc(OC[C@@H]5C[C@H](N6CCN(Cc7ccc(-n8c(C(=O)NC(C)C(F)(F)F)nnc8-c8cc(C(C)C)c(O)cc8O)cc7)CC6)CN5C)nc4c3F)c12. The highest BCUT2D eigenvalue weighted by Crippen LogP contribution is 2.41. The summed E-state index contributed by atoms with van der Waals surface area (Å²) in [7, 11) is 2.08. The molecule has 4 fully saturated rings. The molecular formula is C57H60F4N12O5. The van der Waals surface area contributed by atoms with Crippen LogP contribution in [0, 0.1) is 18.2 Å². The maximum atomic E-state index is 17.2. The highest BCUT2D eigenvalue weighted by molar-refractivity contribution is 6.03. The Morgan fingerprint density at radius 2 is 1.67 bits per heavy atom. The lowest BCUT2D eigenvalue weighted by atomic mass is 9.96. The maximum absolute atomic E-state index is 17.2. The predicted octanol–water partition coefficient (Wildman–Crippen LogP) is 7.34. The van der Waals surface area contributed by atoms with Gasteiger partial charge in [0.25, 0.3) is 5.91 Å². The van der Waals surface area contributed by atoms with Crippen LogP contribution < -0.4 is 20.3 Å². The summed E-state index contributed by atoms with van der Waals surface area (Å²) in [4.78, 5) is 37.0. The first-order valence-electron chi connectivity index (χ1n) is 26.3. The summed E-state index contributed by atoms with van der Waals surface area (Å²) in [6.07, 6.45) is 5.73. The number of halogens is 4. The van der Waals surface area contributed by atoms with Crippen molar-refractivity contribution in [2.24, 2.45) is 0 Å². The summed E-state index contributed by atoms with van der Waals surface area (Å²) in [5.74, 6) is 0.394. The first-order chi connectivity index (χ1) is 37.4. The third-order valence-corrected chi connectivity index (χ3v) is 15.8. The number of terminal acetylenes is 1. The van der Waals surface area contributed by atoms with Crippen LogP contribution in [0.1, 0.15) is 73.3 Å². The van der Waals surface area contributed by atoms with E-state index in [-0.39, 0.29) is 82.5 Å². The number of aromatic hydroxyl groups is 3. The summed E-state index contributed by atoms with van der Waals surface area (Å²) in [5.41, 5.74) is 2.96. The zero-order valence-electron chi connectivity index (χ0n) is 43.6.